The van der Waals surface area contributed by atoms with E-state index in [9.17, 15) is 18.5 Å². The zero-order chi connectivity index (χ0) is 16.5. The van der Waals surface area contributed by atoms with Crippen LogP contribution in [0.4, 0.5) is 5.69 Å². The topological polar surface area (TPSA) is 93.0 Å². The molecule has 1 aliphatic heterocycles. The van der Waals surface area contributed by atoms with E-state index in [-0.39, 0.29) is 15.7 Å². The molecule has 0 atom stereocenters. The van der Waals surface area contributed by atoms with Crippen molar-refractivity contribution in [3.63, 3.8) is 0 Å². The molecule has 0 aliphatic carbocycles. The Morgan fingerprint density at radius 1 is 1.27 bits per heavy atom. The molecule has 0 N–H and O–H groups in total. The average Bonchev–Trinajstić information content (AvgIpc) is 2.47. The molecular formula is C12H16ClN3O5S. The fraction of sp³-hybridized carbons (Fsp3) is 0.500. The molecule has 122 valence electrons. The Balaban J connectivity index is 2.46. The van der Waals surface area contributed by atoms with Gasteiger partial charge in [0.15, 0.2) is 0 Å². The number of methoxy groups -OCH3 is 1. The highest BCUT2D eigenvalue weighted by atomic mass is 35.5. The van der Waals surface area contributed by atoms with Gasteiger partial charge >= 0.3 is 0 Å². The quantitative estimate of drug-likeness (QED) is 0.599. The zero-order valence-corrected chi connectivity index (χ0v) is 13.7. The minimum absolute atomic E-state index is 0.0879. The molecule has 0 spiro atoms. The highest BCUT2D eigenvalue weighted by molar-refractivity contribution is 7.89. The van der Waals surface area contributed by atoms with Crippen molar-refractivity contribution in [2.45, 2.75) is 4.90 Å². The fourth-order valence-corrected chi connectivity index (χ4v) is 4.08. The summed E-state index contributed by atoms with van der Waals surface area (Å²) in [5.41, 5.74) is -0.393. The highest BCUT2D eigenvalue weighted by Gasteiger charge is 2.32. The van der Waals surface area contributed by atoms with E-state index < -0.39 is 20.6 Å². The van der Waals surface area contributed by atoms with Gasteiger partial charge in [-0.2, -0.15) is 4.31 Å². The molecule has 0 amide bonds. The molecule has 1 heterocycles. The second kappa shape index (κ2) is 6.37. The average molecular weight is 350 g/mol. The molecule has 10 heteroatoms. The number of nitro benzene ring substituents is 1. The van der Waals surface area contributed by atoms with Crippen LogP contribution in [0.25, 0.3) is 0 Å². The first-order chi connectivity index (χ1) is 10.3. The summed E-state index contributed by atoms with van der Waals surface area (Å²) in [6.07, 6.45) is 0. The lowest BCUT2D eigenvalue weighted by Gasteiger charge is -2.31. The smallest absolute Gasteiger partial charge is 0.291 e. The van der Waals surface area contributed by atoms with Crippen LogP contribution in [-0.2, 0) is 10.0 Å². The third-order valence-corrected chi connectivity index (χ3v) is 5.73. The second-order valence-corrected chi connectivity index (χ2v) is 7.23. The number of benzene rings is 1. The molecule has 1 aromatic rings. The first kappa shape index (κ1) is 16.9. The maximum Gasteiger partial charge on any atom is 0.291 e. The summed E-state index contributed by atoms with van der Waals surface area (Å²) in [5, 5.41) is 10.7. The molecule has 1 aliphatic rings. The SMILES string of the molecule is COc1cc([N+](=O)[O-])c(Cl)cc1S(=O)(=O)N1CCN(C)CC1. The summed E-state index contributed by atoms with van der Waals surface area (Å²) >= 11 is 5.83. The van der Waals surface area contributed by atoms with Gasteiger partial charge in [-0.25, -0.2) is 8.42 Å². The number of halogens is 1. The Hall–Kier alpha value is -1.42. The monoisotopic (exact) mass is 349 g/mol. The van der Waals surface area contributed by atoms with Gasteiger partial charge in [-0.05, 0) is 13.1 Å². The Kier molecular flexibility index (Phi) is 4.90. The Labute approximate surface area is 133 Å². The normalized spacial score (nSPS) is 17.4. The third kappa shape index (κ3) is 3.17. The lowest BCUT2D eigenvalue weighted by Crippen LogP contribution is -2.47. The second-order valence-electron chi connectivity index (χ2n) is 4.92. The Morgan fingerprint density at radius 2 is 1.86 bits per heavy atom. The minimum atomic E-state index is -3.82. The molecule has 0 unspecified atom stereocenters. The number of hydrogen-bond acceptors (Lipinski definition) is 6. The largest absolute Gasteiger partial charge is 0.495 e. The molecule has 0 saturated carbocycles. The highest BCUT2D eigenvalue weighted by Crippen LogP contribution is 2.36. The molecule has 0 radical (unpaired) electrons. The van der Waals surface area contributed by atoms with Gasteiger partial charge < -0.3 is 9.64 Å². The van der Waals surface area contributed by atoms with Crippen LogP contribution in [-0.4, -0.2) is 62.9 Å². The van der Waals surface area contributed by atoms with Gasteiger partial charge in [0.1, 0.15) is 15.7 Å². The third-order valence-electron chi connectivity index (χ3n) is 3.51. The molecule has 0 aromatic heterocycles. The number of nitro groups is 1. The van der Waals surface area contributed by atoms with Gasteiger partial charge in [0, 0.05) is 26.2 Å². The van der Waals surface area contributed by atoms with E-state index in [1.54, 1.807) is 0 Å². The van der Waals surface area contributed by atoms with E-state index in [0.29, 0.717) is 26.2 Å². The van der Waals surface area contributed by atoms with E-state index in [2.05, 4.69) is 0 Å². The van der Waals surface area contributed by atoms with Gasteiger partial charge in [0.05, 0.1) is 18.1 Å². The predicted molar refractivity (Wildman–Crippen MR) is 80.9 cm³/mol. The van der Waals surface area contributed by atoms with E-state index in [4.69, 9.17) is 16.3 Å². The summed E-state index contributed by atoms with van der Waals surface area (Å²) in [6, 6.07) is 2.11. The maximum atomic E-state index is 12.7. The fourth-order valence-electron chi connectivity index (χ4n) is 2.19. The lowest BCUT2D eigenvalue weighted by atomic mass is 10.3. The minimum Gasteiger partial charge on any atom is -0.495 e. The standard InChI is InChI=1S/C12H16ClN3O5S/c1-14-3-5-15(6-4-14)22(19,20)12-7-9(13)10(16(17)18)8-11(12)21-2/h7-8H,3-6H2,1-2H3. The maximum absolute atomic E-state index is 12.7. The Morgan fingerprint density at radius 3 is 2.36 bits per heavy atom. The molecule has 0 bridgehead atoms. The molecular weight excluding hydrogens is 334 g/mol. The number of nitrogens with zero attached hydrogens (tertiary/aromatic N) is 3. The first-order valence-electron chi connectivity index (χ1n) is 6.48. The van der Waals surface area contributed by atoms with Crippen LogP contribution in [0, 0.1) is 10.1 Å². The van der Waals surface area contributed by atoms with Crippen molar-refractivity contribution in [3.8, 4) is 5.75 Å². The van der Waals surface area contributed by atoms with Crippen LogP contribution in [0.5, 0.6) is 5.75 Å². The van der Waals surface area contributed by atoms with Crippen molar-refractivity contribution >= 4 is 27.3 Å². The predicted octanol–water partition coefficient (Wildman–Crippen LogP) is 1.19. The molecule has 22 heavy (non-hydrogen) atoms. The summed E-state index contributed by atoms with van der Waals surface area (Å²) in [7, 11) is -0.649. The van der Waals surface area contributed by atoms with Gasteiger partial charge in [-0.1, -0.05) is 11.6 Å². The van der Waals surface area contributed by atoms with Crippen LogP contribution in [0.3, 0.4) is 0 Å². The first-order valence-corrected chi connectivity index (χ1v) is 8.29. The van der Waals surface area contributed by atoms with Crippen molar-refractivity contribution in [3.05, 3.63) is 27.3 Å². The van der Waals surface area contributed by atoms with Crippen LogP contribution in [0.2, 0.25) is 5.02 Å². The van der Waals surface area contributed by atoms with Gasteiger partial charge in [-0.3, -0.25) is 10.1 Å². The van der Waals surface area contributed by atoms with Crippen LogP contribution in [0.15, 0.2) is 17.0 Å². The molecule has 8 nitrogen and oxygen atoms in total. The van der Waals surface area contributed by atoms with Gasteiger partial charge in [0.25, 0.3) is 5.69 Å². The Bertz CT molecular complexity index is 686. The summed E-state index contributed by atoms with van der Waals surface area (Å²) < 4.78 is 31.7. The molecule has 1 fully saturated rings. The van der Waals surface area contributed by atoms with Crippen LogP contribution in [0.1, 0.15) is 0 Å². The zero-order valence-electron chi connectivity index (χ0n) is 12.2. The number of sulfonamides is 1. The van der Waals surface area contributed by atoms with Crippen molar-refractivity contribution in [2.75, 3.05) is 40.3 Å². The van der Waals surface area contributed by atoms with E-state index in [0.717, 1.165) is 12.1 Å². The number of rotatable bonds is 4. The van der Waals surface area contributed by atoms with E-state index in [1.165, 1.54) is 11.4 Å². The number of ether oxygens (including phenoxy) is 1. The van der Waals surface area contributed by atoms with Crippen molar-refractivity contribution in [2.24, 2.45) is 0 Å². The van der Waals surface area contributed by atoms with Crippen molar-refractivity contribution in [1.82, 2.24) is 9.21 Å². The number of likely N-dealkylation sites (N-methyl/N-ethyl adjacent to an activating group) is 1. The summed E-state index contributed by atoms with van der Waals surface area (Å²) in [4.78, 5) is 12.1. The number of hydrogen-bond donors (Lipinski definition) is 0. The van der Waals surface area contributed by atoms with Crippen molar-refractivity contribution in [1.29, 1.82) is 0 Å². The van der Waals surface area contributed by atoms with Gasteiger partial charge in [-0.15, -0.1) is 0 Å². The summed E-state index contributed by atoms with van der Waals surface area (Å²) in [5.74, 6) is -0.0879. The molecule has 1 aromatic carbocycles. The summed E-state index contributed by atoms with van der Waals surface area (Å²) in [6.45, 7) is 1.91. The molecule has 1 saturated heterocycles. The lowest BCUT2D eigenvalue weighted by molar-refractivity contribution is -0.384. The van der Waals surface area contributed by atoms with E-state index >= 15 is 0 Å². The molecule has 2 rings (SSSR count). The van der Waals surface area contributed by atoms with Crippen LogP contribution < -0.4 is 4.74 Å². The van der Waals surface area contributed by atoms with Crippen LogP contribution >= 0.6 is 11.6 Å². The number of piperazine rings is 1. The van der Waals surface area contributed by atoms with Crippen molar-refractivity contribution < 1.29 is 18.1 Å². The van der Waals surface area contributed by atoms with Gasteiger partial charge in [0.2, 0.25) is 10.0 Å². The van der Waals surface area contributed by atoms with E-state index in [1.807, 2.05) is 11.9 Å².